The first-order valence-electron chi connectivity index (χ1n) is 9.03. The number of benzene rings is 2. The molecule has 0 aliphatic carbocycles. The first kappa shape index (κ1) is 18.9. The molecule has 2 aromatic heterocycles. The molecule has 7 heteroatoms. The second-order valence-corrected chi connectivity index (χ2v) is 6.98. The van der Waals surface area contributed by atoms with Gasteiger partial charge in [-0.05, 0) is 42.7 Å². The van der Waals surface area contributed by atoms with Gasteiger partial charge in [-0.2, -0.15) is 4.37 Å². The molecule has 0 fully saturated rings. The number of esters is 1. The van der Waals surface area contributed by atoms with E-state index in [0.29, 0.717) is 27.2 Å². The van der Waals surface area contributed by atoms with Gasteiger partial charge in [0.1, 0.15) is 5.75 Å². The van der Waals surface area contributed by atoms with Crippen molar-refractivity contribution in [2.75, 3.05) is 13.7 Å². The lowest BCUT2D eigenvalue weighted by atomic mass is 10.0. The predicted octanol–water partition coefficient (Wildman–Crippen LogP) is 4.92. The Morgan fingerprint density at radius 2 is 1.72 bits per heavy atom. The normalized spacial score (nSPS) is 10.8. The molecule has 146 valence electrons. The van der Waals surface area contributed by atoms with Crippen molar-refractivity contribution in [1.82, 2.24) is 9.36 Å². The van der Waals surface area contributed by atoms with Gasteiger partial charge < -0.3 is 14.6 Å². The third-order valence-electron chi connectivity index (χ3n) is 4.47. The van der Waals surface area contributed by atoms with Crippen LogP contribution < -0.4 is 4.74 Å². The quantitative estimate of drug-likeness (QED) is 0.474. The van der Waals surface area contributed by atoms with Crippen molar-refractivity contribution in [3.8, 4) is 34.0 Å². The molecule has 0 radical (unpaired) electrons. The average Bonchev–Trinajstić information content (AvgIpc) is 3.21. The average molecular weight is 406 g/mol. The van der Waals surface area contributed by atoms with Crippen molar-refractivity contribution >= 4 is 27.6 Å². The third-order valence-corrected chi connectivity index (χ3v) is 5.33. The summed E-state index contributed by atoms with van der Waals surface area (Å²) in [7, 11) is 1.60. The molecule has 29 heavy (non-hydrogen) atoms. The number of pyridine rings is 1. The zero-order chi connectivity index (χ0) is 20.4. The van der Waals surface area contributed by atoms with E-state index in [9.17, 15) is 9.90 Å². The number of carbonyl (C=O) groups excluding carboxylic acids is 1. The molecule has 0 bridgehead atoms. The SMILES string of the molecule is CCOC(=O)c1nc(-c2ccc(OC)cc2)c2snc(-c3ccccc3)c2c1O. The molecule has 0 aliphatic heterocycles. The van der Waals surface area contributed by atoms with Crippen molar-refractivity contribution in [1.29, 1.82) is 0 Å². The van der Waals surface area contributed by atoms with Gasteiger partial charge in [0, 0.05) is 11.1 Å². The summed E-state index contributed by atoms with van der Waals surface area (Å²) in [6, 6.07) is 16.9. The number of aromatic hydroxyl groups is 1. The maximum Gasteiger partial charge on any atom is 0.360 e. The third kappa shape index (κ3) is 3.40. The van der Waals surface area contributed by atoms with Gasteiger partial charge in [0.25, 0.3) is 0 Å². The molecule has 0 atom stereocenters. The summed E-state index contributed by atoms with van der Waals surface area (Å²) in [6.07, 6.45) is 0. The van der Waals surface area contributed by atoms with Crippen molar-refractivity contribution in [2.45, 2.75) is 6.92 Å². The van der Waals surface area contributed by atoms with Crippen LogP contribution in [-0.4, -0.2) is 34.2 Å². The van der Waals surface area contributed by atoms with E-state index in [1.807, 2.05) is 54.6 Å². The summed E-state index contributed by atoms with van der Waals surface area (Å²) < 4.78 is 15.6. The number of methoxy groups -OCH3 is 1. The highest BCUT2D eigenvalue weighted by molar-refractivity contribution is 7.14. The number of fused-ring (bicyclic) bond motifs is 1. The fourth-order valence-corrected chi connectivity index (χ4v) is 4.00. The fraction of sp³-hybridized carbons (Fsp3) is 0.136. The van der Waals surface area contributed by atoms with E-state index in [0.717, 1.165) is 11.1 Å². The molecule has 1 N–H and O–H groups in total. The van der Waals surface area contributed by atoms with Crippen LogP contribution in [0.25, 0.3) is 32.6 Å². The molecule has 0 unspecified atom stereocenters. The second-order valence-electron chi connectivity index (χ2n) is 6.21. The van der Waals surface area contributed by atoms with Crippen molar-refractivity contribution in [3.63, 3.8) is 0 Å². The molecule has 0 aliphatic rings. The van der Waals surface area contributed by atoms with Gasteiger partial charge in [0.15, 0.2) is 11.4 Å². The minimum absolute atomic E-state index is 0.123. The van der Waals surface area contributed by atoms with E-state index in [1.54, 1.807) is 14.0 Å². The summed E-state index contributed by atoms with van der Waals surface area (Å²) >= 11 is 1.23. The monoisotopic (exact) mass is 406 g/mol. The highest BCUT2D eigenvalue weighted by Gasteiger charge is 2.25. The largest absolute Gasteiger partial charge is 0.505 e. The van der Waals surface area contributed by atoms with E-state index in [2.05, 4.69) is 9.36 Å². The van der Waals surface area contributed by atoms with Crippen molar-refractivity contribution in [3.05, 3.63) is 60.3 Å². The highest BCUT2D eigenvalue weighted by atomic mass is 32.1. The Kier molecular flexibility index (Phi) is 5.14. The van der Waals surface area contributed by atoms with E-state index in [-0.39, 0.29) is 18.1 Å². The van der Waals surface area contributed by atoms with Crippen LogP contribution in [0.1, 0.15) is 17.4 Å². The Labute approximate surface area is 171 Å². The van der Waals surface area contributed by atoms with Crippen LogP contribution in [0, 0.1) is 0 Å². The smallest absolute Gasteiger partial charge is 0.360 e. The van der Waals surface area contributed by atoms with Crippen LogP contribution in [0.4, 0.5) is 0 Å². The van der Waals surface area contributed by atoms with Crippen LogP contribution in [0.5, 0.6) is 11.5 Å². The lowest BCUT2D eigenvalue weighted by Gasteiger charge is -2.10. The maximum atomic E-state index is 12.5. The first-order chi connectivity index (χ1) is 14.1. The second kappa shape index (κ2) is 7.89. The van der Waals surface area contributed by atoms with Crippen LogP contribution in [0.3, 0.4) is 0 Å². The Hall–Kier alpha value is -3.45. The molecule has 4 aromatic rings. The minimum atomic E-state index is -0.674. The number of nitrogens with zero attached hydrogens (tertiary/aromatic N) is 2. The highest BCUT2D eigenvalue weighted by Crippen LogP contribution is 2.43. The molecule has 0 amide bonds. The minimum Gasteiger partial charge on any atom is -0.505 e. The Morgan fingerprint density at radius 1 is 1.03 bits per heavy atom. The van der Waals surface area contributed by atoms with Gasteiger partial charge in [0.2, 0.25) is 0 Å². The van der Waals surface area contributed by atoms with Gasteiger partial charge in [-0.3, -0.25) is 0 Å². The standard InChI is InChI=1S/C22H18N2O4S/c1-3-28-22(26)19-20(25)16-17(13-7-5-4-6-8-13)24-29-21(16)18(23-19)14-9-11-15(27-2)12-10-14/h4-12,25H,3H2,1-2H3. The topological polar surface area (TPSA) is 81.5 Å². The molecule has 2 aromatic carbocycles. The van der Waals surface area contributed by atoms with Gasteiger partial charge in [-0.25, -0.2) is 9.78 Å². The van der Waals surface area contributed by atoms with Gasteiger partial charge >= 0.3 is 5.97 Å². The summed E-state index contributed by atoms with van der Waals surface area (Å²) in [4.78, 5) is 16.9. The number of carbonyl (C=O) groups is 1. The first-order valence-corrected chi connectivity index (χ1v) is 9.80. The molecular weight excluding hydrogens is 388 g/mol. The molecular formula is C22H18N2O4S. The Balaban J connectivity index is 2.00. The predicted molar refractivity (Wildman–Crippen MR) is 112 cm³/mol. The number of aromatic nitrogens is 2. The van der Waals surface area contributed by atoms with Gasteiger partial charge in [-0.15, -0.1) is 0 Å². The number of hydrogen-bond acceptors (Lipinski definition) is 7. The number of rotatable bonds is 5. The Morgan fingerprint density at radius 3 is 2.38 bits per heavy atom. The van der Waals surface area contributed by atoms with E-state index >= 15 is 0 Å². The molecule has 0 saturated heterocycles. The zero-order valence-corrected chi connectivity index (χ0v) is 16.7. The fourth-order valence-electron chi connectivity index (χ4n) is 3.08. The summed E-state index contributed by atoms with van der Waals surface area (Å²) in [6.45, 7) is 1.89. The Bertz CT molecular complexity index is 1170. The molecule has 0 saturated carbocycles. The summed E-state index contributed by atoms with van der Waals surface area (Å²) in [5.74, 6) is -0.182. The van der Waals surface area contributed by atoms with Crippen LogP contribution in [0.15, 0.2) is 54.6 Å². The van der Waals surface area contributed by atoms with Gasteiger partial charge in [0.05, 0.1) is 35.2 Å². The van der Waals surface area contributed by atoms with Crippen LogP contribution in [0.2, 0.25) is 0 Å². The van der Waals surface area contributed by atoms with Gasteiger partial charge in [-0.1, -0.05) is 30.3 Å². The molecule has 6 nitrogen and oxygen atoms in total. The molecule has 0 spiro atoms. The number of hydrogen-bond donors (Lipinski definition) is 1. The van der Waals surface area contributed by atoms with E-state index < -0.39 is 5.97 Å². The van der Waals surface area contributed by atoms with Crippen LogP contribution >= 0.6 is 11.5 Å². The lowest BCUT2D eigenvalue weighted by molar-refractivity contribution is 0.0516. The molecule has 2 heterocycles. The van der Waals surface area contributed by atoms with Crippen molar-refractivity contribution in [2.24, 2.45) is 0 Å². The maximum absolute atomic E-state index is 12.5. The summed E-state index contributed by atoms with van der Waals surface area (Å²) in [5.41, 5.74) is 2.66. The lowest BCUT2D eigenvalue weighted by Crippen LogP contribution is -2.08. The van der Waals surface area contributed by atoms with E-state index in [1.165, 1.54) is 11.5 Å². The molecule has 4 rings (SSSR count). The van der Waals surface area contributed by atoms with Crippen LogP contribution in [-0.2, 0) is 4.74 Å². The van der Waals surface area contributed by atoms with Crippen molar-refractivity contribution < 1.29 is 19.4 Å². The van der Waals surface area contributed by atoms with E-state index in [4.69, 9.17) is 9.47 Å². The zero-order valence-electron chi connectivity index (χ0n) is 15.9. The summed E-state index contributed by atoms with van der Waals surface area (Å²) in [5, 5.41) is 11.4. The number of ether oxygens (including phenoxy) is 2.